The van der Waals surface area contributed by atoms with Crippen molar-refractivity contribution in [2.45, 2.75) is 13.3 Å². The summed E-state index contributed by atoms with van der Waals surface area (Å²) < 4.78 is 14.6. The number of hydrogen-bond acceptors (Lipinski definition) is 3. The molecule has 6 heteroatoms. The lowest BCUT2D eigenvalue weighted by atomic mass is 10.2. The summed E-state index contributed by atoms with van der Waals surface area (Å²) in [6, 6.07) is 6.94. The van der Waals surface area contributed by atoms with E-state index in [-0.39, 0.29) is 10.7 Å². The van der Waals surface area contributed by atoms with Crippen molar-refractivity contribution in [3.8, 4) is 10.7 Å². The SMILES string of the molecule is CCc1ccc(-c2nc(Cl)c3c(Br)ccc(F)c3n2)s1. The van der Waals surface area contributed by atoms with Crippen molar-refractivity contribution in [1.29, 1.82) is 0 Å². The summed E-state index contributed by atoms with van der Waals surface area (Å²) in [4.78, 5) is 10.7. The molecular weight excluding hydrogens is 363 g/mol. The second kappa shape index (κ2) is 5.39. The molecule has 0 N–H and O–H groups in total. The van der Waals surface area contributed by atoms with Crippen LogP contribution in [0.4, 0.5) is 4.39 Å². The summed E-state index contributed by atoms with van der Waals surface area (Å²) in [5, 5.41) is 0.755. The molecule has 0 spiro atoms. The predicted molar refractivity (Wildman–Crippen MR) is 84.9 cm³/mol. The van der Waals surface area contributed by atoms with Gasteiger partial charge in [-0.1, -0.05) is 18.5 Å². The van der Waals surface area contributed by atoms with E-state index in [0.717, 1.165) is 11.3 Å². The number of rotatable bonds is 2. The Bertz CT molecular complexity index is 803. The van der Waals surface area contributed by atoms with Crippen molar-refractivity contribution in [2.75, 3.05) is 0 Å². The molecule has 0 radical (unpaired) electrons. The van der Waals surface area contributed by atoms with Crippen LogP contribution in [0.2, 0.25) is 5.15 Å². The molecule has 1 aromatic carbocycles. The summed E-state index contributed by atoms with van der Waals surface area (Å²) in [7, 11) is 0. The smallest absolute Gasteiger partial charge is 0.171 e. The Morgan fingerprint density at radius 2 is 2.05 bits per heavy atom. The molecule has 20 heavy (non-hydrogen) atoms. The van der Waals surface area contributed by atoms with Crippen molar-refractivity contribution in [2.24, 2.45) is 0 Å². The molecule has 0 unspecified atom stereocenters. The van der Waals surface area contributed by atoms with Gasteiger partial charge < -0.3 is 0 Å². The zero-order valence-corrected chi connectivity index (χ0v) is 13.6. The van der Waals surface area contributed by atoms with E-state index in [2.05, 4.69) is 32.8 Å². The first-order valence-electron chi connectivity index (χ1n) is 6.00. The molecule has 3 rings (SSSR count). The van der Waals surface area contributed by atoms with Crippen LogP contribution in [-0.4, -0.2) is 9.97 Å². The second-order valence-corrected chi connectivity index (χ2v) is 6.59. The van der Waals surface area contributed by atoms with Crippen molar-refractivity contribution in [3.63, 3.8) is 0 Å². The Kier molecular flexibility index (Phi) is 3.75. The maximum absolute atomic E-state index is 13.9. The molecule has 0 saturated carbocycles. The number of aryl methyl sites for hydroxylation is 1. The van der Waals surface area contributed by atoms with Gasteiger partial charge in [-0.25, -0.2) is 14.4 Å². The quantitative estimate of drug-likeness (QED) is 0.558. The maximum atomic E-state index is 13.9. The zero-order valence-electron chi connectivity index (χ0n) is 10.5. The normalized spacial score (nSPS) is 11.2. The summed E-state index contributed by atoms with van der Waals surface area (Å²) in [6.45, 7) is 2.08. The van der Waals surface area contributed by atoms with E-state index in [1.807, 2.05) is 12.1 Å². The second-order valence-electron chi connectivity index (χ2n) is 4.21. The Morgan fingerprint density at radius 3 is 2.75 bits per heavy atom. The maximum Gasteiger partial charge on any atom is 0.171 e. The van der Waals surface area contributed by atoms with Gasteiger partial charge in [-0.3, -0.25) is 0 Å². The monoisotopic (exact) mass is 370 g/mol. The van der Waals surface area contributed by atoms with Gasteiger partial charge in [-0.2, -0.15) is 0 Å². The summed E-state index contributed by atoms with van der Waals surface area (Å²) in [6.07, 6.45) is 0.950. The van der Waals surface area contributed by atoms with Crippen LogP contribution in [0.1, 0.15) is 11.8 Å². The van der Waals surface area contributed by atoms with Crippen LogP contribution in [0.15, 0.2) is 28.7 Å². The highest BCUT2D eigenvalue weighted by molar-refractivity contribution is 9.10. The van der Waals surface area contributed by atoms with E-state index in [9.17, 15) is 4.39 Å². The third-order valence-electron chi connectivity index (χ3n) is 2.94. The Labute approximate surface area is 132 Å². The van der Waals surface area contributed by atoms with Crippen LogP contribution >= 0.6 is 38.9 Å². The largest absolute Gasteiger partial charge is 0.224 e. The standard InChI is InChI=1S/C14H9BrClFN2S/c1-2-7-3-6-10(20-7)14-18-12-9(17)5-4-8(15)11(12)13(16)19-14/h3-6H,2H2,1H3. The summed E-state index contributed by atoms with van der Waals surface area (Å²) >= 11 is 11.1. The number of thiophene rings is 1. The lowest BCUT2D eigenvalue weighted by Gasteiger charge is -2.05. The molecule has 0 aliphatic carbocycles. The molecule has 0 atom stereocenters. The van der Waals surface area contributed by atoms with Crippen LogP contribution in [-0.2, 0) is 6.42 Å². The number of benzene rings is 1. The van der Waals surface area contributed by atoms with Gasteiger partial charge in [-0.15, -0.1) is 11.3 Å². The van der Waals surface area contributed by atoms with Gasteiger partial charge in [0.1, 0.15) is 16.5 Å². The highest BCUT2D eigenvalue weighted by Crippen LogP contribution is 2.33. The molecule has 0 fully saturated rings. The molecule has 2 aromatic heterocycles. The average Bonchev–Trinajstić information content (AvgIpc) is 2.91. The van der Waals surface area contributed by atoms with Crippen LogP contribution < -0.4 is 0 Å². The van der Waals surface area contributed by atoms with E-state index in [1.165, 1.54) is 10.9 Å². The molecule has 2 nitrogen and oxygen atoms in total. The lowest BCUT2D eigenvalue weighted by molar-refractivity contribution is 0.636. The molecule has 0 aliphatic rings. The van der Waals surface area contributed by atoms with E-state index in [0.29, 0.717) is 15.7 Å². The van der Waals surface area contributed by atoms with Crippen LogP contribution in [0.25, 0.3) is 21.6 Å². The van der Waals surface area contributed by atoms with Gasteiger partial charge in [0, 0.05) is 9.35 Å². The van der Waals surface area contributed by atoms with Crippen molar-refractivity contribution in [3.05, 3.63) is 44.6 Å². The average molecular weight is 372 g/mol. The first-order chi connectivity index (χ1) is 9.60. The van der Waals surface area contributed by atoms with E-state index >= 15 is 0 Å². The number of aromatic nitrogens is 2. The number of fused-ring (bicyclic) bond motifs is 1. The van der Waals surface area contributed by atoms with Gasteiger partial charge >= 0.3 is 0 Å². The lowest BCUT2D eigenvalue weighted by Crippen LogP contribution is -1.93. The first kappa shape index (κ1) is 13.9. The molecule has 102 valence electrons. The van der Waals surface area contributed by atoms with Gasteiger partial charge in [0.25, 0.3) is 0 Å². The fourth-order valence-corrected chi connectivity index (χ4v) is 3.70. The van der Waals surface area contributed by atoms with E-state index in [4.69, 9.17) is 11.6 Å². The fraction of sp³-hybridized carbons (Fsp3) is 0.143. The summed E-state index contributed by atoms with van der Waals surface area (Å²) in [5.74, 6) is 0.0604. The van der Waals surface area contributed by atoms with Crippen LogP contribution in [0, 0.1) is 5.82 Å². The molecule has 0 aliphatic heterocycles. The number of halogens is 3. The first-order valence-corrected chi connectivity index (χ1v) is 7.99. The van der Waals surface area contributed by atoms with Gasteiger partial charge in [-0.05, 0) is 46.6 Å². The highest BCUT2D eigenvalue weighted by atomic mass is 79.9. The Hall–Kier alpha value is -1.04. The number of hydrogen-bond donors (Lipinski definition) is 0. The minimum absolute atomic E-state index is 0.237. The van der Waals surface area contributed by atoms with Gasteiger partial charge in [0.05, 0.1) is 10.3 Å². The number of nitrogens with zero attached hydrogens (tertiary/aromatic N) is 2. The third-order valence-corrected chi connectivity index (χ3v) is 5.10. The molecule has 0 bridgehead atoms. The third kappa shape index (κ3) is 2.34. The van der Waals surface area contributed by atoms with Gasteiger partial charge in [0.15, 0.2) is 5.82 Å². The van der Waals surface area contributed by atoms with Crippen molar-refractivity contribution >= 4 is 49.8 Å². The minimum atomic E-state index is -0.402. The van der Waals surface area contributed by atoms with Crippen LogP contribution in [0.5, 0.6) is 0 Å². The highest BCUT2D eigenvalue weighted by Gasteiger charge is 2.15. The molecule has 2 heterocycles. The topological polar surface area (TPSA) is 25.8 Å². The summed E-state index contributed by atoms with van der Waals surface area (Å²) in [5.41, 5.74) is 0.237. The molecule has 0 saturated heterocycles. The predicted octanol–water partition coefficient (Wildman–Crippen LogP) is 5.48. The minimum Gasteiger partial charge on any atom is -0.224 e. The Morgan fingerprint density at radius 1 is 1.25 bits per heavy atom. The zero-order chi connectivity index (χ0) is 14.3. The molecule has 0 amide bonds. The Balaban J connectivity index is 2.26. The van der Waals surface area contributed by atoms with E-state index in [1.54, 1.807) is 17.4 Å². The molecular formula is C14H9BrClFN2S. The van der Waals surface area contributed by atoms with Crippen LogP contribution in [0.3, 0.4) is 0 Å². The van der Waals surface area contributed by atoms with Crippen molar-refractivity contribution in [1.82, 2.24) is 9.97 Å². The van der Waals surface area contributed by atoms with Gasteiger partial charge in [0.2, 0.25) is 0 Å². The van der Waals surface area contributed by atoms with Crippen molar-refractivity contribution < 1.29 is 4.39 Å². The molecule has 3 aromatic rings. The van der Waals surface area contributed by atoms with E-state index < -0.39 is 5.82 Å². The fourth-order valence-electron chi connectivity index (χ4n) is 1.92.